The van der Waals surface area contributed by atoms with Crippen LogP contribution in [-0.4, -0.2) is 43.8 Å². The van der Waals surface area contributed by atoms with Crippen LogP contribution in [0.3, 0.4) is 0 Å². The van der Waals surface area contributed by atoms with Gasteiger partial charge in [-0.2, -0.15) is 0 Å². The number of nitrogens with one attached hydrogen (secondary N) is 1. The molecule has 1 unspecified atom stereocenters. The molecule has 0 aromatic heterocycles. The molecule has 1 aliphatic rings. The number of rotatable bonds is 3. The summed E-state index contributed by atoms with van der Waals surface area (Å²) >= 11 is 0. The van der Waals surface area contributed by atoms with Crippen LogP contribution in [0.1, 0.15) is 26.2 Å². The summed E-state index contributed by atoms with van der Waals surface area (Å²) in [6.45, 7) is 5.75. The zero-order valence-electron chi connectivity index (χ0n) is 8.77. The fourth-order valence-electron chi connectivity index (χ4n) is 1.79. The first-order chi connectivity index (χ1) is 6.14. The van der Waals surface area contributed by atoms with Crippen molar-refractivity contribution in [3.05, 3.63) is 0 Å². The molecule has 0 aromatic carbocycles. The molecule has 0 radical (unpaired) electrons. The van der Waals surface area contributed by atoms with Crippen LogP contribution in [0.4, 0.5) is 4.39 Å². The molecule has 1 rings (SSSR count). The lowest BCUT2D eigenvalue weighted by atomic mass is 10.0. The van der Waals surface area contributed by atoms with Gasteiger partial charge in [-0.25, -0.2) is 4.39 Å². The second-order valence-electron chi connectivity index (χ2n) is 4.21. The van der Waals surface area contributed by atoms with Crippen molar-refractivity contribution in [2.45, 2.75) is 31.9 Å². The Morgan fingerprint density at radius 3 is 2.85 bits per heavy atom. The van der Waals surface area contributed by atoms with E-state index < -0.39 is 5.67 Å². The molecule has 0 bridgehead atoms. The molecule has 3 heteroatoms. The smallest absolute Gasteiger partial charge is 0.109 e. The van der Waals surface area contributed by atoms with Gasteiger partial charge in [-0.1, -0.05) is 0 Å². The van der Waals surface area contributed by atoms with E-state index in [1.807, 2.05) is 7.05 Å². The van der Waals surface area contributed by atoms with Crippen LogP contribution in [0.25, 0.3) is 0 Å². The van der Waals surface area contributed by atoms with Gasteiger partial charge in [-0.15, -0.1) is 0 Å². The molecule has 1 N–H and O–H groups in total. The van der Waals surface area contributed by atoms with Crippen LogP contribution in [0.15, 0.2) is 0 Å². The van der Waals surface area contributed by atoms with Gasteiger partial charge >= 0.3 is 0 Å². The first-order valence-electron chi connectivity index (χ1n) is 5.20. The monoisotopic (exact) mass is 188 g/mol. The Balaban J connectivity index is 2.28. The van der Waals surface area contributed by atoms with E-state index in [-0.39, 0.29) is 0 Å². The highest BCUT2D eigenvalue weighted by Crippen LogP contribution is 2.25. The van der Waals surface area contributed by atoms with Gasteiger partial charge in [-0.3, -0.25) is 0 Å². The van der Waals surface area contributed by atoms with Gasteiger partial charge in [0, 0.05) is 19.6 Å². The third-order valence-corrected chi connectivity index (χ3v) is 2.80. The Morgan fingerprint density at radius 1 is 1.38 bits per heavy atom. The normalized spacial score (nSPS) is 31.6. The predicted molar refractivity (Wildman–Crippen MR) is 53.7 cm³/mol. The minimum absolute atomic E-state index is 0.691. The summed E-state index contributed by atoms with van der Waals surface area (Å²) in [5.41, 5.74) is -0.922. The fraction of sp³-hybridized carbons (Fsp3) is 1.00. The summed E-state index contributed by atoms with van der Waals surface area (Å²) in [7, 11) is 1.96. The molecule has 1 atom stereocenters. The van der Waals surface area contributed by atoms with Crippen molar-refractivity contribution in [3.63, 3.8) is 0 Å². The number of nitrogens with zero attached hydrogens (tertiary/aromatic N) is 1. The average Bonchev–Trinajstić information content (AvgIpc) is 2.23. The highest BCUT2D eigenvalue weighted by molar-refractivity contribution is 4.79. The molecule has 1 heterocycles. The molecule has 78 valence electrons. The number of hydrogen-bond donors (Lipinski definition) is 1. The topological polar surface area (TPSA) is 15.3 Å². The van der Waals surface area contributed by atoms with Crippen LogP contribution in [0.5, 0.6) is 0 Å². The molecular formula is C10H21FN2. The van der Waals surface area contributed by atoms with Gasteiger partial charge in [0.25, 0.3) is 0 Å². The first-order valence-corrected chi connectivity index (χ1v) is 5.20. The van der Waals surface area contributed by atoms with Crippen LogP contribution in [0, 0.1) is 0 Å². The van der Waals surface area contributed by atoms with Gasteiger partial charge in [0.05, 0.1) is 0 Å². The molecule has 0 aromatic rings. The van der Waals surface area contributed by atoms with Crippen LogP contribution >= 0.6 is 0 Å². The maximum absolute atomic E-state index is 13.6. The first kappa shape index (κ1) is 10.9. The summed E-state index contributed by atoms with van der Waals surface area (Å²) in [6, 6.07) is 0. The lowest BCUT2D eigenvalue weighted by molar-refractivity contribution is 0.162. The molecule has 1 fully saturated rings. The number of hydrogen-bond acceptors (Lipinski definition) is 2. The summed E-state index contributed by atoms with van der Waals surface area (Å²) in [5.74, 6) is 0. The Kier molecular flexibility index (Phi) is 4.13. The highest BCUT2D eigenvalue weighted by Gasteiger charge is 2.26. The summed E-state index contributed by atoms with van der Waals surface area (Å²) in [4.78, 5) is 2.35. The summed E-state index contributed by atoms with van der Waals surface area (Å²) in [5, 5.41) is 3.12. The van der Waals surface area contributed by atoms with E-state index in [0.717, 1.165) is 39.0 Å². The van der Waals surface area contributed by atoms with E-state index in [1.165, 1.54) is 0 Å². The quantitative estimate of drug-likeness (QED) is 0.720. The Labute approximate surface area is 80.5 Å². The van der Waals surface area contributed by atoms with Crippen molar-refractivity contribution in [2.24, 2.45) is 0 Å². The standard InChI is InChI=1S/C10H21FN2/c1-10(11)4-3-7-13(8-5-10)9-6-12-2/h12H,3-9H2,1-2H3. The predicted octanol–water partition coefficient (Wildman–Crippen LogP) is 1.42. The molecule has 0 saturated carbocycles. The van der Waals surface area contributed by atoms with Crippen molar-refractivity contribution < 1.29 is 4.39 Å². The molecule has 1 saturated heterocycles. The van der Waals surface area contributed by atoms with E-state index in [1.54, 1.807) is 6.92 Å². The van der Waals surface area contributed by atoms with Crippen molar-refractivity contribution in [1.29, 1.82) is 0 Å². The SMILES string of the molecule is CNCCN1CCCC(C)(F)CC1. The van der Waals surface area contributed by atoms with Gasteiger partial charge in [0.2, 0.25) is 0 Å². The van der Waals surface area contributed by atoms with Crippen LogP contribution in [-0.2, 0) is 0 Å². The van der Waals surface area contributed by atoms with Crippen molar-refractivity contribution in [3.8, 4) is 0 Å². The molecular weight excluding hydrogens is 167 g/mol. The number of likely N-dealkylation sites (tertiary alicyclic amines) is 1. The van der Waals surface area contributed by atoms with E-state index in [0.29, 0.717) is 6.42 Å². The third-order valence-electron chi connectivity index (χ3n) is 2.80. The van der Waals surface area contributed by atoms with E-state index in [9.17, 15) is 4.39 Å². The minimum atomic E-state index is -0.922. The zero-order valence-corrected chi connectivity index (χ0v) is 8.77. The third kappa shape index (κ3) is 4.05. The number of halogens is 1. The maximum atomic E-state index is 13.6. The summed E-state index contributed by atoms with van der Waals surface area (Å²) < 4.78 is 13.6. The molecule has 0 aliphatic carbocycles. The maximum Gasteiger partial charge on any atom is 0.109 e. The molecule has 13 heavy (non-hydrogen) atoms. The lowest BCUT2D eigenvalue weighted by Gasteiger charge is -2.20. The van der Waals surface area contributed by atoms with Gasteiger partial charge in [-0.05, 0) is 39.8 Å². The zero-order chi connectivity index (χ0) is 9.73. The minimum Gasteiger partial charge on any atom is -0.318 e. The number of likely N-dealkylation sites (N-methyl/N-ethyl adjacent to an activating group) is 1. The largest absolute Gasteiger partial charge is 0.318 e. The Hall–Kier alpha value is -0.150. The molecule has 1 aliphatic heterocycles. The summed E-state index contributed by atoms with van der Waals surface area (Å²) in [6.07, 6.45) is 2.41. The van der Waals surface area contributed by atoms with E-state index >= 15 is 0 Å². The van der Waals surface area contributed by atoms with E-state index in [2.05, 4.69) is 10.2 Å². The Bertz CT molecular complexity index is 148. The van der Waals surface area contributed by atoms with Gasteiger partial charge < -0.3 is 10.2 Å². The van der Waals surface area contributed by atoms with Crippen LogP contribution in [0.2, 0.25) is 0 Å². The Morgan fingerprint density at radius 2 is 2.15 bits per heavy atom. The van der Waals surface area contributed by atoms with Crippen LogP contribution < -0.4 is 5.32 Å². The second kappa shape index (κ2) is 4.91. The van der Waals surface area contributed by atoms with Gasteiger partial charge in [0.15, 0.2) is 0 Å². The molecule has 2 nitrogen and oxygen atoms in total. The molecule has 0 amide bonds. The van der Waals surface area contributed by atoms with Crippen molar-refractivity contribution in [1.82, 2.24) is 10.2 Å². The number of alkyl halides is 1. The fourth-order valence-corrected chi connectivity index (χ4v) is 1.79. The van der Waals surface area contributed by atoms with Crippen molar-refractivity contribution >= 4 is 0 Å². The lowest BCUT2D eigenvalue weighted by Crippen LogP contribution is -2.32. The van der Waals surface area contributed by atoms with E-state index in [4.69, 9.17) is 0 Å². The van der Waals surface area contributed by atoms with Gasteiger partial charge in [0.1, 0.15) is 5.67 Å². The second-order valence-corrected chi connectivity index (χ2v) is 4.21. The molecule has 0 spiro atoms. The average molecular weight is 188 g/mol. The van der Waals surface area contributed by atoms with Crippen molar-refractivity contribution in [2.75, 3.05) is 33.2 Å². The highest BCUT2D eigenvalue weighted by atomic mass is 19.1.